The van der Waals surface area contributed by atoms with Crippen molar-refractivity contribution in [1.29, 1.82) is 0 Å². The van der Waals surface area contributed by atoms with Crippen LogP contribution in [0.15, 0.2) is 18.5 Å². The van der Waals surface area contributed by atoms with Crippen LogP contribution in [0.2, 0.25) is 0 Å². The Labute approximate surface area is 123 Å². The van der Waals surface area contributed by atoms with E-state index in [-0.39, 0.29) is 6.04 Å². The molecule has 0 bridgehead atoms. The molecule has 3 heterocycles. The summed E-state index contributed by atoms with van der Waals surface area (Å²) in [6, 6.07) is 3.73. The summed E-state index contributed by atoms with van der Waals surface area (Å²) in [4.78, 5) is 2.11. The highest BCUT2D eigenvalue weighted by Gasteiger charge is 2.28. The van der Waals surface area contributed by atoms with Crippen LogP contribution in [0.3, 0.4) is 0 Å². The first-order valence-corrected chi connectivity index (χ1v) is 8.65. The van der Waals surface area contributed by atoms with Crippen molar-refractivity contribution in [3.63, 3.8) is 0 Å². The Morgan fingerprint density at radius 2 is 2.19 bits per heavy atom. The van der Waals surface area contributed by atoms with Crippen LogP contribution < -0.4 is 4.90 Å². The second-order valence-electron chi connectivity index (χ2n) is 5.35. The minimum Gasteiger partial charge on any atom is -0.354 e. The lowest BCUT2D eigenvalue weighted by atomic mass is 10.1. The van der Waals surface area contributed by atoms with E-state index in [9.17, 15) is 8.42 Å². The lowest BCUT2D eigenvalue weighted by molar-refractivity contribution is 0.321. The number of hydrogen-bond acceptors (Lipinski definition) is 6. The van der Waals surface area contributed by atoms with Crippen molar-refractivity contribution in [2.75, 3.05) is 31.3 Å². The lowest BCUT2D eigenvalue weighted by Gasteiger charge is -2.37. The molecular formula is C12H18N6O2S. The number of nitrogens with zero attached hydrogens (tertiary/aromatic N) is 6. The summed E-state index contributed by atoms with van der Waals surface area (Å²) in [7, 11) is -1.53. The number of piperidine rings is 1. The second-order valence-corrected chi connectivity index (χ2v) is 7.39. The zero-order chi connectivity index (χ0) is 15.0. The van der Waals surface area contributed by atoms with Crippen LogP contribution in [0, 0.1) is 0 Å². The van der Waals surface area contributed by atoms with Gasteiger partial charge in [0.1, 0.15) is 12.1 Å². The molecular weight excluding hydrogens is 292 g/mol. The first-order valence-electron chi connectivity index (χ1n) is 6.80. The van der Waals surface area contributed by atoms with Gasteiger partial charge in [0, 0.05) is 26.2 Å². The Kier molecular flexibility index (Phi) is 3.54. The van der Waals surface area contributed by atoms with E-state index in [1.807, 2.05) is 12.1 Å². The van der Waals surface area contributed by atoms with Crippen LogP contribution in [-0.4, -0.2) is 65.0 Å². The summed E-state index contributed by atoms with van der Waals surface area (Å²) in [5.41, 5.74) is 0.695. The van der Waals surface area contributed by atoms with Crippen LogP contribution in [0.1, 0.15) is 12.8 Å². The van der Waals surface area contributed by atoms with Gasteiger partial charge in [0.05, 0.1) is 6.26 Å². The van der Waals surface area contributed by atoms with Crippen molar-refractivity contribution >= 4 is 21.5 Å². The molecule has 2 aromatic heterocycles. The first-order chi connectivity index (χ1) is 9.95. The molecule has 0 radical (unpaired) electrons. The topological polar surface area (TPSA) is 83.7 Å². The smallest absolute Gasteiger partial charge is 0.211 e. The SMILES string of the molecule is CN(C1CCCN(c2ccc3nncn3n2)C1)S(C)(=O)=O. The largest absolute Gasteiger partial charge is 0.354 e. The Morgan fingerprint density at radius 1 is 1.38 bits per heavy atom. The highest BCUT2D eigenvalue weighted by Crippen LogP contribution is 2.21. The summed E-state index contributed by atoms with van der Waals surface area (Å²) < 4.78 is 26.4. The van der Waals surface area contributed by atoms with E-state index in [1.165, 1.54) is 10.6 Å². The van der Waals surface area contributed by atoms with Crippen LogP contribution in [0.5, 0.6) is 0 Å². The van der Waals surface area contributed by atoms with Crippen LogP contribution in [0.25, 0.3) is 5.65 Å². The minimum absolute atomic E-state index is 0.0211. The molecule has 1 aliphatic rings. The van der Waals surface area contributed by atoms with Crippen molar-refractivity contribution in [3.8, 4) is 0 Å². The fourth-order valence-corrected chi connectivity index (χ4v) is 3.33. The van der Waals surface area contributed by atoms with E-state index in [4.69, 9.17) is 0 Å². The van der Waals surface area contributed by atoms with Gasteiger partial charge in [-0.1, -0.05) is 0 Å². The molecule has 1 unspecified atom stereocenters. The van der Waals surface area contributed by atoms with Gasteiger partial charge in [-0.25, -0.2) is 12.7 Å². The van der Waals surface area contributed by atoms with Gasteiger partial charge >= 0.3 is 0 Å². The molecule has 21 heavy (non-hydrogen) atoms. The maximum Gasteiger partial charge on any atom is 0.211 e. The molecule has 0 N–H and O–H groups in total. The predicted octanol–water partition coefficient (Wildman–Crippen LogP) is -0.0155. The molecule has 3 rings (SSSR count). The molecule has 9 heteroatoms. The number of aromatic nitrogens is 4. The van der Waals surface area contributed by atoms with Crippen LogP contribution >= 0.6 is 0 Å². The zero-order valence-electron chi connectivity index (χ0n) is 12.0. The van der Waals surface area contributed by atoms with E-state index in [0.717, 1.165) is 25.2 Å². The highest BCUT2D eigenvalue weighted by molar-refractivity contribution is 7.88. The van der Waals surface area contributed by atoms with Crippen LogP contribution in [-0.2, 0) is 10.0 Å². The number of anilines is 1. The molecule has 1 saturated heterocycles. The third kappa shape index (κ3) is 2.84. The molecule has 1 atom stereocenters. The standard InChI is InChI=1S/C12H18N6O2S/c1-16(21(2,19)20)10-4-3-7-17(8-10)12-6-5-11-14-13-9-18(11)15-12/h5-6,9-10H,3-4,7-8H2,1-2H3. The van der Waals surface area contributed by atoms with E-state index < -0.39 is 10.0 Å². The Morgan fingerprint density at radius 3 is 2.95 bits per heavy atom. The third-order valence-corrected chi connectivity index (χ3v) is 5.25. The van der Waals surface area contributed by atoms with Crippen molar-refractivity contribution in [3.05, 3.63) is 18.5 Å². The summed E-state index contributed by atoms with van der Waals surface area (Å²) in [5.74, 6) is 0.814. The number of sulfonamides is 1. The minimum atomic E-state index is -3.17. The fourth-order valence-electron chi connectivity index (χ4n) is 2.62. The highest BCUT2D eigenvalue weighted by atomic mass is 32.2. The van der Waals surface area contributed by atoms with E-state index in [2.05, 4.69) is 20.2 Å². The van der Waals surface area contributed by atoms with Gasteiger partial charge in [-0.3, -0.25) is 0 Å². The van der Waals surface area contributed by atoms with Crippen molar-refractivity contribution in [2.45, 2.75) is 18.9 Å². The second kappa shape index (κ2) is 5.23. The normalized spacial score (nSPS) is 20.3. The van der Waals surface area contributed by atoms with Crippen LogP contribution in [0.4, 0.5) is 5.82 Å². The molecule has 8 nitrogen and oxygen atoms in total. The predicted molar refractivity (Wildman–Crippen MR) is 78.6 cm³/mol. The average molecular weight is 310 g/mol. The Bertz CT molecular complexity index is 743. The van der Waals surface area contributed by atoms with Gasteiger partial charge in [0.25, 0.3) is 0 Å². The first kappa shape index (κ1) is 14.2. The molecule has 0 saturated carbocycles. The molecule has 114 valence electrons. The number of likely N-dealkylation sites (N-methyl/N-ethyl adjacent to an activating group) is 1. The zero-order valence-corrected chi connectivity index (χ0v) is 12.9. The number of rotatable bonds is 3. The molecule has 0 aliphatic carbocycles. The van der Waals surface area contributed by atoms with Crippen molar-refractivity contribution in [1.82, 2.24) is 24.1 Å². The Hall–Kier alpha value is -1.74. The van der Waals surface area contributed by atoms with E-state index >= 15 is 0 Å². The molecule has 1 fully saturated rings. The summed E-state index contributed by atoms with van der Waals surface area (Å²) in [5, 5.41) is 12.2. The average Bonchev–Trinajstić information content (AvgIpc) is 2.93. The van der Waals surface area contributed by atoms with E-state index in [0.29, 0.717) is 12.2 Å². The number of hydrogen-bond donors (Lipinski definition) is 0. The fraction of sp³-hybridized carbons (Fsp3) is 0.583. The summed E-state index contributed by atoms with van der Waals surface area (Å²) in [6.07, 6.45) is 4.61. The van der Waals surface area contributed by atoms with Gasteiger partial charge in [-0.2, -0.15) is 4.52 Å². The summed E-state index contributed by atoms with van der Waals surface area (Å²) >= 11 is 0. The maximum absolute atomic E-state index is 11.7. The van der Waals surface area contributed by atoms with Gasteiger partial charge in [-0.05, 0) is 25.0 Å². The molecule has 0 aromatic carbocycles. The third-order valence-electron chi connectivity index (χ3n) is 3.91. The molecule has 0 spiro atoms. The molecule has 1 aliphatic heterocycles. The van der Waals surface area contributed by atoms with Crippen molar-refractivity contribution < 1.29 is 8.42 Å². The molecule has 2 aromatic rings. The van der Waals surface area contributed by atoms with Crippen molar-refractivity contribution in [2.24, 2.45) is 0 Å². The van der Waals surface area contributed by atoms with Gasteiger partial charge in [0.15, 0.2) is 5.65 Å². The van der Waals surface area contributed by atoms with Gasteiger partial charge < -0.3 is 4.90 Å². The summed E-state index contributed by atoms with van der Waals surface area (Å²) in [6.45, 7) is 1.51. The quantitative estimate of drug-likeness (QED) is 0.792. The molecule has 0 amide bonds. The van der Waals surface area contributed by atoms with E-state index in [1.54, 1.807) is 17.9 Å². The monoisotopic (exact) mass is 310 g/mol. The maximum atomic E-state index is 11.7. The Balaban J connectivity index is 1.82. The lowest BCUT2D eigenvalue weighted by Crippen LogP contribution is -2.48. The van der Waals surface area contributed by atoms with Gasteiger partial charge in [-0.15, -0.1) is 15.3 Å². The number of fused-ring (bicyclic) bond motifs is 1. The van der Waals surface area contributed by atoms with Gasteiger partial charge in [0.2, 0.25) is 10.0 Å².